The molecule has 20 heavy (non-hydrogen) atoms. The molecule has 0 saturated carbocycles. The fraction of sp³-hybridized carbons (Fsp3) is 0.154. The van der Waals surface area contributed by atoms with Gasteiger partial charge in [0.2, 0.25) is 5.89 Å². The topological polar surface area (TPSA) is 82.8 Å². The molecule has 0 spiro atoms. The summed E-state index contributed by atoms with van der Waals surface area (Å²) in [6, 6.07) is 6.51. The zero-order valence-electron chi connectivity index (χ0n) is 10.5. The summed E-state index contributed by atoms with van der Waals surface area (Å²) in [6.07, 6.45) is 3.49. The molecule has 1 aromatic carbocycles. The Morgan fingerprint density at radius 2 is 2.15 bits per heavy atom. The molecule has 2 heterocycles. The van der Waals surface area contributed by atoms with Gasteiger partial charge in [-0.2, -0.15) is 10.1 Å². The highest BCUT2D eigenvalue weighted by Gasteiger charge is 2.10. The first-order chi connectivity index (χ1) is 9.70. The largest absolute Gasteiger partial charge is 0.396 e. The van der Waals surface area contributed by atoms with Crippen LogP contribution in [0.5, 0.6) is 0 Å². The van der Waals surface area contributed by atoms with E-state index in [1.807, 2.05) is 0 Å². The van der Waals surface area contributed by atoms with Gasteiger partial charge in [-0.05, 0) is 11.6 Å². The number of benzene rings is 1. The van der Waals surface area contributed by atoms with Crippen molar-refractivity contribution in [3.63, 3.8) is 0 Å². The predicted molar refractivity (Wildman–Crippen MR) is 69.2 cm³/mol. The van der Waals surface area contributed by atoms with Gasteiger partial charge in [0.25, 0.3) is 0 Å². The molecule has 2 N–H and O–H groups in total. The normalized spacial score (nSPS) is 10.8. The molecular weight excluding hydrogens is 261 g/mol. The summed E-state index contributed by atoms with van der Waals surface area (Å²) in [5.74, 6) is 0.559. The minimum absolute atomic E-state index is 0.279. The van der Waals surface area contributed by atoms with Crippen molar-refractivity contribution >= 4 is 5.69 Å². The molecule has 0 aliphatic rings. The fourth-order valence-corrected chi connectivity index (χ4v) is 1.84. The molecule has 0 radical (unpaired) electrons. The van der Waals surface area contributed by atoms with Crippen molar-refractivity contribution in [1.82, 2.24) is 19.9 Å². The van der Waals surface area contributed by atoms with Gasteiger partial charge in [-0.15, -0.1) is 0 Å². The zero-order valence-corrected chi connectivity index (χ0v) is 10.5. The van der Waals surface area contributed by atoms with Gasteiger partial charge in [0.1, 0.15) is 12.4 Å². The summed E-state index contributed by atoms with van der Waals surface area (Å²) in [6.45, 7) is 0.335. The van der Waals surface area contributed by atoms with Crippen LogP contribution in [0.15, 0.2) is 41.2 Å². The van der Waals surface area contributed by atoms with E-state index in [9.17, 15) is 4.39 Å². The maximum absolute atomic E-state index is 13.5. The van der Waals surface area contributed by atoms with Gasteiger partial charge in [0, 0.05) is 12.6 Å². The van der Waals surface area contributed by atoms with Crippen molar-refractivity contribution in [1.29, 1.82) is 0 Å². The van der Waals surface area contributed by atoms with Crippen LogP contribution in [0.3, 0.4) is 0 Å². The summed E-state index contributed by atoms with van der Waals surface area (Å²) < 4.78 is 20.2. The van der Waals surface area contributed by atoms with E-state index in [2.05, 4.69) is 15.2 Å². The van der Waals surface area contributed by atoms with Crippen molar-refractivity contribution in [3.05, 3.63) is 59.8 Å². The average molecular weight is 273 g/mol. The minimum Gasteiger partial charge on any atom is -0.396 e. The number of nitrogens with two attached hydrogens (primary N) is 1. The van der Waals surface area contributed by atoms with E-state index in [1.54, 1.807) is 29.1 Å². The molecule has 0 aliphatic heterocycles. The van der Waals surface area contributed by atoms with Gasteiger partial charge < -0.3 is 10.3 Å². The van der Waals surface area contributed by atoms with Gasteiger partial charge in [-0.3, -0.25) is 4.68 Å². The van der Waals surface area contributed by atoms with Crippen LogP contribution in [-0.4, -0.2) is 19.9 Å². The third kappa shape index (κ3) is 2.66. The summed E-state index contributed by atoms with van der Waals surface area (Å²) in [7, 11) is 0. The zero-order chi connectivity index (χ0) is 13.9. The summed E-state index contributed by atoms with van der Waals surface area (Å²) >= 11 is 0. The van der Waals surface area contributed by atoms with Crippen LogP contribution in [0.4, 0.5) is 10.1 Å². The van der Waals surface area contributed by atoms with Crippen molar-refractivity contribution in [2.75, 3.05) is 5.73 Å². The number of rotatable bonds is 4. The van der Waals surface area contributed by atoms with Crippen molar-refractivity contribution < 1.29 is 8.91 Å². The number of hydrogen-bond donors (Lipinski definition) is 1. The van der Waals surface area contributed by atoms with Gasteiger partial charge >= 0.3 is 0 Å². The number of nitrogens with zero attached hydrogens (tertiary/aromatic N) is 4. The molecule has 0 unspecified atom stereocenters. The first kappa shape index (κ1) is 12.3. The Hall–Kier alpha value is -2.70. The van der Waals surface area contributed by atoms with E-state index in [1.165, 1.54) is 12.3 Å². The average Bonchev–Trinajstić information content (AvgIpc) is 3.02. The van der Waals surface area contributed by atoms with E-state index >= 15 is 0 Å². The van der Waals surface area contributed by atoms with Crippen LogP contribution in [0, 0.1) is 5.82 Å². The van der Waals surface area contributed by atoms with Crippen LogP contribution in [0.2, 0.25) is 0 Å². The molecule has 7 heteroatoms. The Balaban J connectivity index is 1.72. The lowest BCUT2D eigenvalue weighted by atomic mass is 10.1. The molecule has 0 fully saturated rings. The van der Waals surface area contributed by atoms with Crippen LogP contribution >= 0.6 is 0 Å². The second-order valence-electron chi connectivity index (χ2n) is 4.34. The third-order valence-electron chi connectivity index (χ3n) is 2.77. The second kappa shape index (κ2) is 5.12. The lowest BCUT2D eigenvalue weighted by Gasteiger charge is -1.97. The highest BCUT2D eigenvalue weighted by molar-refractivity contribution is 5.30. The van der Waals surface area contributed by atoms with Gasteiger partial charge in [0.05, 0.1) is 11.9 Å². The molecule has 6 nitrogen and oxygen atoms in total. The number of halogens is 1. The Labute approximate surface area is 114 Å². The van der Waals surface area contributed by atoms with E-state index < -0.39 is 0 Å². The van der Waals surface area contributed by atoms with Crippen molar-refractivity contribution in [3.8, 4) is 0 Å². The van der Waals surface area contributed by atoms with Crippen molar-refractivity contribution in [2.24, 2.45) is 0 Å². The summed E-state index contributed by atoms with van der Waals surface area (Å²) in [5.41, 5.74) is 6.66. The molecule has 0 bridgehead atoms. The minimum atomic E-state index is -0.279. The molecule has 0 amide bonds. The first-order valence-electron chi connectivity index (χ1n) is 6.03. The van der Waals surface area contributed by atoms with E-state index in [0.29, 0.717) is 29.5 Å². The summed E-state index contributed by atoms with van der Waals surface area (Å²) in [5, 5.41) is 7.85. The highest BCUT2D eigenvalue weighted by Crippen LogP contribution is 2.11. The van der Waals surface area contributed by atoms with E-state index in [4.69, 9.17) is 10.3 Å². The van der Waals surface area contributed by atoms with E-state index in [0.717, 1.165) is 0 Å². The molecule has 102 valence electrons. The Bertz CT molecular complexity index is 721. The third-order valence-corrected chi connectivity index (χ3v) is 2.77. The monoisotopic (exact) mass is 273 g/mol. The van der Waals surface area contributed by atoms with E-state index in [-0.39, 0.29) is 12.2 Å². The number of aromatic nitrogens is 4. The number of nitrogen functional groups attached to an aromatic ring is 1. The summed E-state index contributed by atoms with van der Waals surface area (Å²) in [4.78, 5) is 4.21. The maximum Gasteiger partial charge on any atom is 0.248 e. The lowest BCUT2D eigenvalue weighted by molar-refractivity contribution is 0.361. The number of anilines is 1. The smallest absolute Gasteiger partial charge is 0.248 e. The van der Waals surface area contributed by atoms with Gasteiger partial charge in [0.15, 0.2) is 5.82 Å². The SMILES string of the molecule is Nc1cnn(Cc2nc(Cc3ccccc3F)no2)c1. The quantitative estimate of drug-likeness (QED) is 0.781. The van der Waals surface area contributed by atoms with Crippen LogP contribution < -0.4 is 5.73 Å². The Kier molecular flexibility index (Phi) is 3.16. The van der Waals surface area contributed by atoms with Gasteiger partial charge in [-0.1, -0.05) is 23.4 Å². The standard InChI is InChI=1S/C13H12FN5O/c14-11-4-2-1-3-9(11)5-12-17-13(20-18-12)8-19-7-10(15)6-16-19/h1-4,6-7H,5,8,15H2. The molecule has 2 aromatic heterocycles. The molecule has 0 aliphatic carbocycles. The highest BCUT2D eigenvalue weighted by atomic mass is 19.1. The fourth-order valence-electron chi connectivity index (χ4n) is 1.84. The van der Waals surface area contributed by atoms with Crippen LogP contribution in [-0.2, 0) is 13.0 Å². The Morgan fingerprint density at radius 1 is 1.30 bits per heavy atom. The molecular formula is C13H12FN5O. The van der Waals surface area contributed by atoms with Gasteiger partial charge in [-0.25, -0.2) is 4.39 Å². The van der Waals surface area contributed by atoms with Crippen LogP contribution in [0.1, 0.15) is 17.3 Å². The van der Waals surface area contributed by atoms with Crippen molar-refractivity contribution in [2.45, 2.75) is 13.0 Å². The predicted octanol–water partition coefficient (Wildman–Crippen LogP) is 1.63. The number of hydrogen-bond acceptors (Lipinski definition) is 5. The lowest BCUT2D eigenvalue weighted by Crippen LogP contribution is -2.01. The second-order valence-corrected chi connectivity index (χ2v) is 4.34. The first-order valence-corrected chi connectivity index (χ1v) is 6.03. The van der Waals surface area contributed by atoms with Crippen LogP contribution in [0.25, 0.3) is 0 Å². The molecule has 3 aromatic rings. The maximum atomic E-state index is 13.5. The molecule has 0 atom stereocenters. The Morgan fingerprint density at radius 3 is 2.90 bits per heavy atom. The molecule has 0 saturated heterocycles. The molecule has 3 rings (SSSR count).